The Balaban J connectivity index is 1.46. The van der Waals surface area contributed by atoms with Crippen molar-refractivity contribution in [2.24, 2.45) is 0 Å². The molecule has 8 heteroatoms. The largest absolute Gasteiger partial charge is 0.324 e. The Labute approximate surface area is 172 Å². The van der Waals surface area contributed by atoms with Crippen LogP contribution in [-0.4, -0.2) is 43.8 Å². The Morgan fingerprint density at radius 1 is 0.967 bits per heavy atom. The number of halogens is 1. The third-order valence-corrected chi connectivity index (χ3v) is 5.24. The molecule has 0 unspecified atom stereocenters. The van der Waals surface area contributed by atoms with E-state index in [4.69, 9.17) is 0 Å². The first-order valence-corrected chi connectivity index (χ1v) is 9.67. The van der Waals surface area contributed by atoms with Crippen molar-refractivity contribution in [1.82, 2.24) is 24.6 Å². The number of amides is 2. The highest BCUT2D eigenvalue weighted by atomic mass is 19.1. The van der Waals surface area contributed by atoms with Crippen LogP contribution in [0.25, 0.3) is 16.6 Å². The Hall–Kier alpha value is -3.81. The number of aromatic nitrogens is 4. The van der Waals surface area contributed by atoms with Gasteiger partial charge >= 0.3 is 6.03 Å². The van der Waals surface area contributed by atoms with Crippen molar-refractivity contribution < 1.29 is 9.18 Å². The van der Waals surface area contributed by atoms with Crippen molar-refractivity contribution in [3.8, 4) is 5.69 Å². The molecular formula is C22H19FN6O. The zero-order valence-corrected chi connectivity index (χ0v) is 16.4. The van der Waals surface area contributed by atoms with Crippen LogP contribution in [0, 0.1) is 12.7 Å². The van der Waals surface area contributed by atoms with E-state index in [0.29, 0.717) is 25.3 Å². The van der Waals surface area contributed by atoms with E-state index >= 15 is 0 Å². The summed E-state index contributed by atoms with van der Waals surface area (Å²) in [5.41, 5.74) is 3.47. The normalized spacial score (nSPS) is 14.1. The topological polar surface area (TPSA) is 67.2 Å². The van der Waals surface area contributed by atoms with E-state index in [0.717, 1.165) is 28.0 Å². The van der Waals surface area contributed by atoms with E-state index in [1.54, 1.807) is 51.3 Å². The summed E-state index contributed by atoms with van der Waals surface area (Å²) in [7, 11) is 0. The first kappa shape index (κ1) is 18.2. The van der Waals surface area contributed by atoms with Crippen LogP contribution in [-0.2, 0) is 6.54 Å². The summed E-state index contributed by atoms with van der Waals surface area (Å²) in [5, 5.41) is 5.18. The van der Waals surface area contributed by atoms with Crippen molar-refractivity contribution in [2.75, 3.05) is 18.0 Å². The number of urea groups is 1. The average molecular weight is 402 g/mol. The summed E-state index contributed by atoms with van der Waals surface area (Å²) >= 11 is 0. The summed E-state index contributed by atoms with van der Waals surface area (Å²) in [6.45, 7) is 3.43. The second kappa shape index (κ2) is 7.22. The molecule has 2 aromatic heterocycles. The highest BCUT2D eigenvalue weighted by molar-refractivity contribution is 6.03. The average Bonchev–Trinajstić information content (AvgIpc) is 3.34. The van der Waals surface area contributed by atoms with E-state index in [2.05, 4.69) is 15.1 Å². The maximum absolute atomic E-state index is 14.3. The molecule has 5 rings (SSSR count). The van der Waals surface area contributed by atoms with Gasteiger partial charge in [0.2, 0.25) is 0 Å². The van der Waals surface area contributed by atoms with Gasteiger partial charge in [-0.3, -0.25) is 14.9 Å². The Morgan fingerprint density at radius 2 is 1.80 bits per heavy atom. The predicted molar refractivity (Wildman–Crippen MR) is 111 cm³/mol. The van der Waals surface area contributed by atoms with Crippen LogP contribution >= 0.6 is 0 Å². The number of fused-ring (bicyclic) bond motifs is 1. The zero-order chi connectivity index (χ0) is 20.7. The molecule has 0 radical (unpaired) electrons. The Bertz CT molecular complexity index is 1240. The summed E-state index contributed by atoms with van der Waals surface area (Å²) < 4.78 is 15.8. The van der Waals surface area contributed by atoms with Crippen LogP contribution in [0.15, 0.2) is 61.1 Å². The van der Waals surface area contributed by atoms with Crippen LogP contribution in [0.4, 0.5) is 14.9 Å². The van der Waals surface area contributed by atoms with Gasteiger partial charge in [-0.15, -0.1) is 0 Å². The van der Waals surface area contributed by atoms with Crippen LogP contribution in [0.5, 0.6) is 0 Å². The van der Waals surface area contributed by atoms with E-state index in [1.807, 2.05) is 25.1 Å². The summed E-state index contributed by atoms with van der Waals surface area (Å²) in [6, 6.07) is 12.0. The van der Waals surface area contributed by atoms with Gasteiger partial charge in [0.15, 0.2) is 0 Å². The lowest BCUT2D eigenvalue weighted by Crippen LogP contribution is -2.31. The Kier molecular flexibility index (Phi) is 4.39. The molecule has 1 aliphatic rings. The number of carbonyl (C=O) groups is 1. The highest BCUT2D eigenvalue weighted by Crippen LogP contribution is 2.31. The molecule has 0 atom stereocenters. The number of rotatable bonds is 4. The molecule has 3 heterocycles. The van der Waals surface area contributed by atoms with Gasteiger partial charge in [0.05, 0.1) is 41.5 Å². The molecule has 1 saturated heterocycles. The molecule has 1 fully saturated rings. The van der Waals surface area contributed by atoms with E-state index < -0.39 is 0 Å². The van der Waals surface area contributed by atoms with Crippen molar-refractivity contribution >= 4 is 22.6 Å². The third kappa shape index (κ3) is 3.06. The molecule has 150 valence electrons. The first-order chi connectivity index (χ1) is 14.6. The number of anilines is 1. The number of aryl methyl sites for hydroxylation is 1. The lowest BCUT2D eigenvalue weighted by Gasteiger charge is -2.19. The van der Waals surface area contributed by atoms with Gasteiger partial charge in [0.1, 0.15) is 11.5 Å². The molecule has 0 bridgehead atoms. The quantitative estimate of drug-likeness (QED) is 0.522. The van der Waals surface area contributed by atoms with Gasteiger partial charge in [-0.05, 0) is 31.2 Å². The molecule has 0 saturated carbocycles. The molecule has 2 amide bonds. The van der Waals surface area contributed by atoms with E-state index in [-0.39, 0.29) is 11.8 Å². The fraction of sp³-hybridized carbons (Fsp3) is 0.182. The second-order valence-corrected chi connectivity index (χ2v) is 7.22. The number of nitrogens with zero attached hydrogens (tertiary/aromatic N) is 6. The highest BCUT2D eigenvalue weighted by Gasteiger charge is 2.31. The minimum Gasteiger partial charge on any atom is -0.317 e. The predicted octanol–water partition coefficient (Wildman–Crippen LogP) is 3.71. The second-order valence-electron chi connectivity index (χ2n) is 7.22. The van der Waals surface area contributed by atoms with Crippen molar-refractivity contribution in [1.29, 1.82) is 0 Å². The fourth-order valence-corrected chi connectivity index (χ4v) is 3.74. The maximum Gasteiger partial charge on any atom is 0.324 e. The fourth-order valence-electron chi connectivity index (χ4n) is 3.74. The summed E-state index contributed by atoms with van der Waals surface area (Å²) in [5.74, 6) is -0.351. The minimum absolute atomic E-state index is 0.0940. The van der Waals surface area contributed by atoms with Gasteiger partial charge in [-0.2, -0.15) is 5.10 Å². The molecule has 1 aliphatic heterocycles. The van der Waals surface area contributed by atoms with Crippen molar-refractivity contribution in [2.45, 2.75) is 13.5 Å². The van der Waals surface area contributed by atoms with Crippen molar-refractivity contribution in [3.05, 3.63) is 78.3 Å². The van der Waals surface area contributed by atoms with Crippen molar-refractivity contribution in [3.63, 3.8) is 0 Å². The maximum atomic E-state index is 14.3. The minimum atomic E-state index is -0.351. The van der Waals surface area contributed by atoms with E-state index in [1.165, 1.54) is 6.07 Å². The van der Waals surface area contributed by atoms with E-state index in [9.17, 15) is 9.18 Å². The summed E-state index contributed by atoms with van der Waals surface area (Å²) in [6.07, 6.45) is 5.08. The molecule has 2 aromatic carbocycles. The molecule has 0 N–H and O–H groups in total. The van der Waals surface area contributed by atoms with Crippen LogP contribution in [0.3, 0.4) is 0 Å². The number of carbonyl (C=O) groups excluding carboxylic acids is 1. The lowest BCUT2D eigenvalue weighted by molar-refractivity contribution is 0.218. The zero-order valence-electron chi connectivity index (χ0n) is 16.4. The van der Waals surface area contributed by atoms with Crippen LogP contribution < -0.4 is 4.90 Å². The molecule has 0 spiro atoms. The Morgan fingerprint density at radius 3 is 2.60 bits per heavy atom. The molecule has 30 heavy (non-hydrogen) atoms. The smallest absolute Gasteiger partial charge is 0.317 e. The standard InChI is InChI=1S/C22H19FN6O/c1-15-11-25-16(12-24-15)14-27-9-10-28(22(27)30)19-7-4-8-20-17(19)13-26-29(20)21-6-3-2-5-18(21)23/h2-8,11-13H,9-10,14H2,1H3. The van der Waals surface area contributed by atoms with Gasteiger partial charge in [-0.25, -0.2) is 13.9 Å². The SMILES string of the molecule is Cc1cnc(CN2CCN(c3cccc4c3cnn4-c3ccccc3F)C2=O)cn1. The number of para-hydroxylation sites is 1. The molecule has 7 nitrogen and oxygen atoms in total. The number of benzene rings is 2. The molecular weight excluding hydrogens is 383 g/mol. The van der Waals surface area contributed by atoms with Gasteiger partial charge in [-0.1, -0.05) is 18.2 Å². The van der Waals surface area contributed by atoms with Gasteiger partial charge in [0, 0.05) is 24.7 Å². The number of hydrogen-bond donors (Lipinski definition) is 0. The third-order valence-electron chi connectivity index (χ3n) is 5.24. The van der Waals surface area contributed by atoms with Crippen LogP contribution in [0.2, 0.25) is 0 Å². The lowest BCUT2D eigenvalue weighted by atomic mass is 10.2. The summed E-state index contributed by atoms with van der Waals surface area (Å²) in [4.78, 5) is 25.1. The van der Waals surface area contributed by atoms with Gasteiger partial charge < -0.3 is 4.90 Å². The molecule has 0 aliphatic carbocycles. The monoisotopic (exact) mass is 402 g/mol. The first-order valence-electron chi connectivity index (χ1n) is 9.67. The number of hydrogen-bond acceptors (Lipinski definition) is 4. The molecule has 4 aromatic rings. The van der Waals surface area contributed by atoms with Crippen LogP contribution in [0.1, 0.15) is 11.4 Å². The van der Waals surface area contributed by atoms with Gasteiger partial charge in [0.25, 0.3) is 0 Å².